The molecule has 0 spiro atoms. The summed E-state index contributed by atoms with van der Waals surface area (Å²) in [7, 11) is 4.04. The van der Waals surface area contributed by atoms with E-state index in [1.807, 2.05) is 21.0 Å². The number of hydrogen-bond donors (Lipinski definition) is 2. The van der Waals surface area contributed by atoms with E-state index in [0.717, 1.165) is 13.0 Å². The van der Waals surface area contributed by atoms with Crippen molar-refractivity contribution in [2.45, 2.75) is 44.4 Å². The van der Waals surface area contributed by atoms with Gasteiger partial charge in [0.2, 0.25) is 0 Å². The number of β-amino-alcohol motifs (C(OH)–C–C–N with tert-alkyl or cyclic N) is 1. The van der Waals surface area contributed by atoms with E-state index in [1.54, 1.807) is 0 Å². The minimum atomic E-state index is -0.749. The normalized spacial score (nSPS) is 27.6. The van der Waals surface area contributed by atoms with Gasteiger partial charge in [-0.2, -0.15) is 0 Å². The lowest BCUT2D eigenvalue weighted by molar-refractivity contribution is -0.137. The summed E-state index contributed by atoms with van der Waals surface area (Å²) in [5.41, 5.74) is 0. The van der Waals surface area contributed by atoms with Gasteiger partial charge in [-0.05, 0) is 33.9 Å². The standard InChI is InChI=1S/C12H24N2O3/c1-9(4-5-12(16)17)14-8-11(15)6-10(14)7-13(2)3/h9-11,15H,4-8H2,1-3H3,(H,16,17). The quantitative estimate of drug-likeness (QED) is 0.700. The first-order chi connectivity index (χ1) is 7.90. The zero-order valence-corrected chi connectivity index (χ0v) is 11.0. The van der Waals surface area contributed by atoms with E-state index < -0.39 is 5.97 Å². The predicted octanol–water partition coefficient (Wildman–Crippen LogP) is 0.237. The van der Waals surface area contributed by atoms with E-state index in [2.05, 4.69) is 9.80 Å². The number of likely N-dealkylation sites (N-methyl/N-ethyl adjacent to an activating group) is 1. The van der Waals surface area contributed by atoms with Crippen LogP contribution in [-0.4, -0.2) is 71.4 Å². The van der Waals surface area contributed by atoms with Crippen LogP contribution in [0, 0.1) is 0 Å². The van der Waals surface area contributed by atoms with Crippen LogP contribution in [-0.2, 0) is 4.79 Å². The van der Waals surface area contributed by atoms with Crippen LogP contribution in [0.3, 0.4) is 0 Å². The monoisotopic (exact) mass is 244 g/mol. The van der Waals surface area contributed by atoms with Gasteiger partial charge in [-0.3, -0.25) is 9.69 Å². The Hall–Kier alpha value is -0.650. The number of carboxylic acid groups (broad SMARTS) is 1. The molecule has 1 heterocycles. The summed E-state index contributed by atoms with van der Waals surface area (Å²) >= 11 is 0. The maximum Gasteiger partial charge on any atom is 0.303 e. The number of carbonyl (C=O) groups is 1. The summed E-state index contributed by atoms with van der Waals surface area (Å²) < 4.78 is 0. The molecule has 1 aliphatic heterocycles. The average molecular weight is 244 g/mol. The molecule has 0 radical (unpaired) electrons. The first kappa shape index (κ1) is 14.4. The molecule has 0 aromatic rings. The lowest BCUT2D eigenvalue weighted by Crippen LogP contribution is -2.42. The van der Waals surface area contributed by atoms with E-state index in [0.29, 0.717) is 19.0 Å². The maximum atomic E-state index is 10.6. The summed E-state index contributed by atoms with van der Waals surface area (Å²) in [6.45, 7) is 3.62. The highest BCUT2D eigenvalue weighted by atomic mass is 16.4. The average Bonchev–Trinajstić information content (AvgIpc) is 2.54. The summed E-state index contributed by atoms with van der Waals surface area (Å²) in [5.74, 6) is -0.749. The van der Waals surface area contributed by atoms with Crippen LogP contribution >= 0.6 is 0 Å². The Labute approximate surface area is 103 Å². The first-order valence-corrected chi connectivity index (χ1v) is 6.20. The lowest BCUT2D eigenvalue weighted by Gasteiger charge is -2.31. The van der Waals surface area contributed by atoms with E-state index in [1.165, 1.54) is 0 Å². The van der Waals surface area contributed by atoms with Crippen molar-refractivity contribution in [2.24, 2.45) is 0 Å². The molecule has 1 saturated heterocycles. The van der Waals surface area contributed by atoms with Gasteiger partial charge in [-0.15, -0.1) is 0 Å². The van der Waals surface area contributed by atoms with Crippen LogP contribution in [0.15, 0.2) is 0 Å². The SMILES string of the molecule is CC(CCC(=O)O)N1CC(O)CC1CN(C)C. The Morgan fingerprint density at radius 2 is 2.18 bits per heavy atom. The van der Waals surface area contributed by atoms with Gasteiger partial charge in [0, 0.05) is 31.6 Å². The topological polar surface area (TPSA) is 64.0 Å². The number of hydrogen-bond acceptors (Lipinski definition) is 4. The third-order valence-corrected chi connectivity index (χ3v) is 3.35. The summed E-state index contributed by atoms with van der Waals surface area (Å²) in [6.07, 6.45) is 1.36. The fourth-order valence-corrected chi connectivity index (χ4v) is 2.56. The molecule has 3 atom stereocenters. The maximum absolute atomic E-state index is 10.6. The molecule has 0 aromatic carbocycles. The van der Waals surface area contributed by atoms with Gasteiger partial charge in [0.15, 0.2) is 0 Å². The number of aliphatic hydroxyl groups is 1. The van der Waals surface area contributed by atoms with Crippen LogP contribution in [0.1, 0.15) is 26.2 Å². The Morgan fingerprint density at radius 3 is 2.71 bits per heavy atom. The first-order valence-electron chi connectivity index (χ1n) is 6.20. The molecule has 3 unspecified atom stereocenters. The highest BCUT2D eigenvalue weighted by Gasteiger charge is 2.33. The third kappa shape index (κ3) is 4.61. The highest BCUT2D eigenvalue weighted by molar-refractivity contribution is 5.66. The third-order valence-electron chi connectivity index (χ3n) is 3.35. The molecule has 0 saturated carbocycles. The second-order valence-corrected chi connectivity index (χ2v) is 5.28. The van der Waals surface area contributed by atoms with E-state index in [4.69, 9.17) is 5.11 Å². The molecule has 5 nitrogen and oxygen atoms in total. The van der Waals surface area contributed by atoms with Crippen molar-refractivity contribution in [3.8, 4) is 0 Å². The van der Waals surface area contributed by atoms with Crippen LogP contribution < -0.4 is 0 Å². The van der Waals surface area contributed by atoms with Crippen molar-refractivity contribution in [3.63, 3.8) is 0 Å². The van der Waals surface area contributed by atoms with Crippen molar-refractivity contribution in [1.82, 2.24) is 9.80 Å². The minimum absolute atomic E-state index is 0.197. The molecule has 0 aromatic heterocycles. The molecule has 0 aliphatic carbocycles. The van der Waals surface area contributed by atoms with Crippen LogP contribution in [0.25, 0.3) is 0 Å². The molecular formula is C12H24N2O3. The molecule has 2 N–H and O–H groups in total. The van der Waals surface area contributed by atoms with E-state index in [9.17, 15) is 9.90 Å². The van der Waals surface area contributed by atoms with Crippen molar-refractivity contribution in [3.05, 3.63) is 0 Å². The smallest absolute Gasteiger partial charge is 0.303 e. The number of aliphatic carboxylic acids is 1. The second-order valence-electron chi connectivity index (χ2n) is 5.28. The molecule has 0 amide bonds. The van der Waals surface area contributed by atoms with Gasteiger partial charge < -0.3 is 15.1 Å². The summed E-state index contributed by atoms with van der Waals surface area (Å²) in [4.78, 5) is 14.9. The Kier molecular flexibility index (Phi) is 5.36. The van der Waals surface area contributed by atoms with Gasteiger partial charge in [0.05, 0.1) is 6.10 Å². The van der Waals surface area contributed by atoms with Crippen molar-refractivity contribution in [1.29, 1.82) is 0 Å². The van der Waals surface area contributed by atoms with E-state index in [-0.39, 0.29) is 18.6 Å². The van der Waals surface area contributed by atoms with Crippen molar-refractivity contribution >= 4 is 5.97 Å². The van der Waals surface area contributed by atoms with Crippen LogP contribution in [0.5, 0.6) is 0 Å². The Bertz CT molecular complexity index is 258. The molecule has 100 valence electrons. The van der Waals surface area contributed by atoms with Gasteiger partial charge in [-0.1, -0.05) is 0 Å². The fourth-order valence-electron chi connectivity index (χ4n) is 2.56. The van der Waals surface area contributed by atoms with E-state index >= 15 is 0 Å². The number of rotatable bonds is 6. The summed E-state index contributed by atoms with van der Waals surface area (Å²) in [6, 6.07) is 0.553. The van der Waals surface area contributed by atoms with Gasteiger partial charge >= 0.3 is 5.97 Å². The van der Waals surface area contributed by atoms with Crippen molar-refractivity contribution < 1.29 is 15.0 Å². The van der Waals surface area contributed by atoms with Crippen LogP contribution in [0.4, 0.5) is 0 Å². The Balaban J connectivity index is 2.50. The zero-order chi connectivity index (χ0) is 13.0. The molecule has 1 rings (SSSR count). The largest absolute Gasteiger partial charge is 0.481 e. The van der Waals surface area contributed by atoms with Gasteiger partial charge in [-0.25, -0.2) is 0 Å². The summed E-state index contributed by atoms with van der Waals surface area (Å²) in [5, 5.41) is 18.4. The Morgan fingerprint density at radius 1 is 1.53 bits per heavy atom. The number of aliphatic hydroxyl groups excluding tert-OH is 1. The van der Waals surface area contributed by atoms with Crippen LogP contribution in [0.2, 0.25) is 0 Å². The van der Waals surface area contributed by atoms with Gasteiger partial charge in [0.1, 0.15) is 0 Å². The molecular weight excluding hydrogens is 220 g/mol. The molecule has 1 aliphatic rings. The molecule has 5 heteroatoms. The van der Waals surface area contributed by atoms with Crippen molar-refractivity contribution in [2.75, 3.05) is 27.2 Å². The minimum Gasteiger partial charge on any atom is -0.481 e. The fraction of sp³-hybridized carbons (Fsp3) is 0.917. The molecule has 1 fully saturated rings. The number of likely N-dealkylation sites (tertiary alicyclic amines) is 1. The number of carboxylic acids is 1. The molecule has 17 heavy (non-hydrogen) atoms. The molecule has 0 bridgehead atoms. The zero-order valence-electron chi connectivity index (χ0n) is 11.0. The number of nitrogens with zero attached hydrogens (tertiary/aromatic N) is 2. The second kappa shape index (κ2) is 6.33. The highest BCUT2D eigenvalue weighted by Crippen LogP contribution is 2.23. The predicted molar refractivity (Wildman–Crippen MR) is 66.0 cm³/mol. The lowest BCUT2D eigenvalue weighted by atomic mass is 10.1. The van der Waals surface area contributed by atoms with Gasteiger partial charge in [0.25, 0.3) is 0 Å².